The maximum atomic E-state index is 5.76. The molecule has 0 aliphatic carbocycles. The highest BCUT2D eigenvalue weighted by Crippen LogP contribution is 2.33. The van der Waals surface area contributed by atoms with Crippen LogP contribution >= 0.6 is 11.8 Å². The van der Waals surface area contributed by atoms with Crippen molar-refractivity contribution in [3.05, 3.63) is 48.0 Å². The monoisotopic (exact) mass is 315 g/mol. The Morgan fingerprint density at radius 2 is 1.73 bits per heavy atom. The van der Waals surface area contributed by atoms with Gasteiger partial charge in [0.15, 0.2) is 11.5 Å². The first-order valence-electron chi connectivity index (χ1n) is 7.56. The van der Waals surface area contributed by atoms with Crippen molar-refractivity contribution < 1.29 is 9.47 Å². The molecule has 0 saturated carbocycles. The van der Waals surface area contributed by atoms with Crippen LogP contribution in [0, 0.1) is 0 Å². The molecule has 0 amide bonds. The fourth-order valence-electron chi connectivity index (χ4n) is 2.47. The molecular weight excluding hydrogens is 294 g/mol. The van der Waals surface area contributed by atoms with Crippen LogP contribution in [0.1, 0.15) is 24.9 Å². The molecule has 2 aromatic carbocycles. The van der Waals surface area contributed by atoms with Gasteiger partial charge in [0.25, 0.3) is 0 Å². The predicted molar refractivity (Wildman–Crippen MR) is 92.3 cm³/mol. The van der Waals surface area contributed by atoms with Gasteiger partial charge < -0.3 is 14.8 Å². The van der Waals surface area contributed by atoms with Crippen LogP contribution in [0.15, 0.2) is 47.4 Å². The summed E-state index contributed by atoms with van der Waals surface area (Å²) in [6, 6.07) is 14.9. The zero-order valence-corrected chi connectivity index (χ0v) is 13.8. The number of fused-ring (bicyclic) bond motifs is 1. The Morgan fingerprint density at radius 3 is 2.45 bits per heavy atom. The van der Waals surface area contributed by atoms with E-state index < -0.39 is 0 Å². The fraction of sp³-hybridized carbons (Fsp3) is 0.333. The number of ether oxygens (including phenoxy) is 2. The van der Waals surface area contributed by atoms with Crippen molar-refractivity contribution >= 4 is 17.4 Å². The third-order valence-electron chi connectivity index (χ3n) is 3.74. The summed E-state index contributed by atoms with van der Waals surface area (Å²) in [6.07, 6.45) is 3.02. The number of hydrogen-bond donors (Lipinski definition) is 1. The molecule has 116 valence electrons. The van der Waals surface area contributed by atoms with E-state index >= 15 is 0 Å². The Bertz CT molecular complexity index is 627. The second-order valence-corrected chi connectivity index (χ2v) is 6.23. The molecular formula is C18H21NO2S. The Hall–Kier alpha value is -1.81. The van der Waals surface area contributed by atoms with Crippen LogP contribution in [0.2, 0.25) is 0 Å². The number of hydrogen-bond acceptors (Lipinski definition) is 4. The van der Waals surface area contributed by atoms with Gasteiger partial charge in [-0.3, -0.25) is 0 Å². The third kappa shape index (κ3) is 3.50. The molecule has 1 unspecified atom stereocenters. The lowest BCUT2D eigenvalue weighted by Gasteiger charge is -2.17. The average Bonchev–Trinajstić information content (AvgIpc) is 2.80. The predicted octanol–water partition coefficient (Wildman–Crippen LogP) is 4.74. The summed E-state index contributed by atoms with van der Waals surface area (Å²) in [6.45, 7) is 3.60. The number of benzene rings is 2. The minimum atomic E-state index is 0.206. The molecule has 0 spiro atoms. The van der Waals surface area contributed by atoms with Gasteiger partial charge in [-0.1, -0.05) is 6.07 Å². The van der Waals surface area contributed by atoms with Gasteiger partial charge in [0.1, 0.15) is 0 Å². The molecule has 1 N–H and O–H groups in total. The van der Waals surface area contributed by atoms with Crippen LogP contribution in [0.5, 0.6) is 11.5 Å². The summed E-state index contributed by atoms with van der Waals surface area (Å²) in [7, 11) is 0. The lowest BCUT2D eigenvalue weighted by Crippen LogP contribution is -2.07. The minimum Gasteiger partial charge on any atom is -0.490 e. The van der Waals surface area contributed by atoms with Crippen molar-refractivity contribution in [3.8, 4) is 11.5 Å². The van der Waals surface area contributed by atoms with Gasteiger partial charge in [-0.25, -0.2) is 0 Å². The summed E-state index contributed by atoms with van der Waals surface area (Å²) in [5, 5.41) is 3.53. The lowest BCUT2D eigenvalue weighted by atomic mass is 10.1. The fourth-order valence-corrected chi connectivity index (χ4v) is 2.88. The average molecular weight is 315 g/mol. The van der Waals surface area contributed by atoms with Crippen molar-refractivity contribution in [2.45, 2.75) is 24.3 Å². The molecule has 0 bridgehead atoms. The van der Waals surface area contributed by atoms with Crippen LogP contribution in [-0.2, 0) is 0 Å². The van der Waals surface area contributed by atoms with Gasteiger partial charge in [0, 0.05) is 23.0 Å². The first kappa shape index (κ1) is 15.1. The summed E-state index contributed by atoms with van der Waals surface area (Å²) in [4.78, 5) is 1.27. The maximum Gasteiger partial charge on any atom is 0.161 e. The molecule has 1 aliphatic heterocycles. The second-order valence-electron chi connectivity index (χ2n) is 5.35. The highest BCUT2D eigenvalue weighted by molar-refractivity contribution is 7.98. The molecule has 2 aromatic rings. The molecule has 4 heteroatoms. The smallest absolute Gasteiger partial charge is 0.161 e. The van der Waals surface area contributed by atoms with Crippen molar-refractivity contribution in [1.29, 1.82) is 0 Å². The largest absolute Gasteiger partial charge is 0.490 e. The van der Waals surface area contributed by atoms with Crippen LogP contribution in [0.4, 0.5) is 5.69 Å². The van der Waals surface area contributed by atoms with Gasteiger partial charge in [-0.2, -0.15) is 0 Å². The Balaban J connectivity index is 1.73. The van der Waals surface area contributed by atoms with Gasteiger partial charge >= 0.3 is 0 Å². The van der Waals surface area contributed by atoms with Crippen LogP contribution in [0.3, 0.4) is 0 Å². The minimum absolute atomic E-state index is 0.206. The zero-order chi connectivity index (χ0) is 15.4. The van der Waals surface area contributed by atoms with E-state index in [1.807, 2.05) is 6.07 Å². The van der Waals surface area contributed by atoms with E-state index in [4.69, 9.17) is 9.47 Å². The highest BCUT2D eigenvalue weighted by Gasteiger charge is 2.13. The van der Waals surface area contributed by atoms with E-state index in [2.05, 4.69) is 54.9 Å². The van der Waals surface area contributed by atoms with Crippen molar-refractivity contribution in [2.75, 3.05) is 24.8 Å². The molecule has 3 nitrogen and oxygen atoms in total. The van der Waals surface area contributed by atoms with Crippen LogP contribution < -0.4 is 14.8 Å². The summed E-state index contributed by atoms with van der Waals surface area (Å²) in [5.41, 5.74) is 2.32. The van der Waals surface area contributed by atoms with Crippen molar-refractivity contribution in [3.63, 3.8) is 0 Å². The number of anilines is 1. The number of nitrogens with one attached hydrogen (secondary N) is 1. The topological polar surface area (TPSA) is 30.5 Å². The van der Waals surface area contributed by atoms with Crippen LogP contribution in [0.25, 0.3) is 0 Å². The molecule has 22 heavy (non-hydrogen) atoms. The zero-order valence-electron chi connectivity index (χ0n) is 13.0. The van der Waals surface area contributed by atoms with Gasteiger partial charge in [0.05, 0.1) is 13.2 Å². The summed E-state index contributed by atoms with van der Waals surface area (Å²) in [5.74, 6) is 1.69. The molecule has 0 fully saturated rings. The SMILES string of the molecule is CSc1ccc(NC(C)c2ccc3c(c2)OCCCO3)cc1. The van der Waals surface area contributed by atoms with E-state index in [0.29, 0.717) is 6.61 Å². The summed E-state index contributed by atoms with van der Waals surface area (Å²) < 4.78 is 11.4. The molecule has 1 heterocycles. The highest BCUT2D eigenvalue weighted by atomic mass is 32.2. The van der Waals surface area contributed by atoms with E-state index in [1.165, 1.54) is 10.5 Å². The Labute approximate surface area is 136 Å². The number of thioether (sulfide) groups is 1. The first-order valence-corrected chi connectivity index (χ1v) is 8.79. The van der Waals surface area contributed by atoms with Gasteiger partial charge in [0.2, 0.25) is 0 Å². The van der Waals surface area contributed by atoms with Crippen molar-refractivity contribution in [1.82, 2.24) is 0 Å². The summed E-state index contributed by atoms with van der Waals surface area (Å²) >= 11 is 1.75. The van der Waals surface area contributed by atoms with E-state index in [9.17, 15) is 0 Å². The van der Waals surface area contributed by atoms with Crippen molar-refractivity contribution in [2.24, 2.45) is 0 Å². The molecule has 1 atom stereocenters. The first-order chi connectivity index (χ1) is 10.8. The lowest BCUT2D eigenvalue weighted by molar-refractivity contribution is 0.297. The normalized spacial score (nSPS) is 15.0. The quantitative estimate of drug-likeness (QED) is 0.825. The van der Waals surface area contributed by atoms with E-state index in [1.54, 1.807) is 11.8 Å². The maximum absolute atomic E-state index is 5.76. The van der Waals surface area contributed by atoms with Crippen LogP contribution in [-0.4, -0.2) is 19.5 Å². The van der Waals surface area contributed by atoms with E-state index in [0.717, 1.165) is 30.2 Å². The van der Waals surface area contributed by atoms with Gasteiger partial charge in [-0.05, 0) is 55.1 Å². The third-order valence-corrected chi connectivity index (χ3v) is 4.49. The molecule has 0 aromatic heterocycles. The van der Waals surface area contributed by atoms with Gasteiger partial charge in [-0.15, -0.1) is 11.8 Å². The number of rotatable bonds is 4. The molecule has 3 rings (SSSR count). The standard InChI is InChI=1S/C18H21NO2S/c1-13(19-15-5-7-16(22-2)8-6-15)14-4-9-17-18(12-14)21-11-3-10-20-17/h4-9,12-13,19H,3,10-11H2,1-2H3. The molecule has 1 aliphatic rings. The Morgan fingerprint density at radius 1 is 1.00 bits per heavy atom. The second kappa shape index (κ2) is 6.97. The molecule has 0 saturated heterocycles. The molecule has 0 radical (unpaired) electrons. The Kier molecular flexibility index (Phi) is 4.78. The van der Waals surface area contributed by atoms with E-state index in [-0.39, 0.29) is 6.04 Å².